The van der Waals surface area contributed by atoms with E-state index in [1.165, 1.54) is 18.4 Å². The molecule has 210 valence electrons. The SMILES string of the molecule is CCOC(=O)COc1c(Br)cc(/C=c2/sc3n(c2=O)[C@@H](c2ccc(C)cc2)C(C(=O)OCC)=C(C)N=3)cc1OC. The number of thiazole rings is 1. The molecule has 0 amide bonds. The fraction of sp³-hybridized carbons (Fsp3) is 0.310. The number of ether oxygens (including phenoxy) is 4. The summed E-state index contributed by atoms with van der Waals surface area (Å²) < 4.78 is 23.9. The van der Waals surface area contributed by atoms with E-state index < -0.39 is 18.0 Å². The summed E-state index contributed by atoms with van der Waals surface area (Å²) in [4.78, 5) is 43.7. The Kier molecular flexibility index (Phi) is 9.26. The number of benzene rings is 2. The summed E-state index contributed by atoms with van der Waals surface area (Å²) in [5, 5.41) is 0. The van der Waals surface area contributed by atoms with Crippen LogP contribution in [0.3, 0.4) is 0 Å². The van der Waals surface area contributed by atoms with Crippen LogP contribution in [0.1, 0.15) is 43.5 Å². The summed E-state index contributed by atoms with van der Waals surface area (Å²) in [6.45, 7) is 7.36. The van der Waals surface area contributed by atoms with E-state index in [-0.39, 0.29) is 25.4 Å². The monoisotopic (exact) mass is 628 g/mol. The Morgan fingerprint density at radius 2 is 1.80 bits per heavy atom. The molecule has 9 nitrogen and oxygen atoms in total. The zero-order valence-electron chi connectivity index (χ0n) is 22.8. The molecule has 0 bridgehead atoms. The van der Waals surface area contributed by atoms with Crippen molar-refractivity contribution in [1.82, 2.24) is 4.57 Å². The Hall–Kier alpha value is -3.70. The molecule has 0 unspecified atom stereocenters. The first kappa shape index (κ1) is 29.3. The van der Waals surface area contributed by atoms with Crippen molar-refractivity contribution in [3.63, 3.8) is 0 Å². The van der Waals surface area contributed by atoms with Crippen LogP contribution in [0.15, 0.2) is 61.9 Å². The van der Waals surface area contributed by atoms with Gasteiger partial charge in [-0.1, -0.05) is 41.2 Å². The molecule has 4 rings (SSSR count). The van der Waals surface area contributed by atoms with Crippen molar-refractivity contribution in [3.05, 3.63) is 88.5 Å². The minimum absolute atomic E-state index is 0.205. The molecule has 40 heavy (non-hydrogen) atoms. The van der Waals surface area contributed by atoms with Gasteiger partial charge in [-0.3, -0.25) is 9.36 Å². The number of esters is 2. The molecule has 0 saturated carbocycles. The molecule has 0 spiro atoms. The van der Waals surface area contributed by atoms with Gasteiger partial charge in [0, 0.05) is 0 Å². The lowest BCUT2D eigenvalue weighted by molar-refractivity contribution is -0.145. The highest BCUT2D eigenvalue weighted by Gasteiger charge is 2.33. The van der Waals surface area contributed by atoms with Gasteiger partial charge in [-0.25, -0.2) is 14.6 Å². The number of nitrogens with zero attached hydrogens (tertiary/aromatic N) is 2. The third-order valence-electron chi connectivity index (χ3n) is 6.10. The van der Waals surface area contributed by atoms with E-state index in [1.54, 1.807) is 43.5 Å². The molecule has 3 aromatic rings. The second-order valence-corrected chi connectivity index (χ2v) is 10.7. The standard InChI is InChI=1S/C29H29BrN2O7S/c1-6-37-23(33)15-39-26-20(30)12-18(13-21(26)36-5)14-22-27(34)32-25(19-10-8-16(3)9-11-19)24(28(35)38-7-2)17(4)31-29(32)40-22/h8-14,25H,6-7,15H2,1-5H3/b22-14+/t25-/m0/s1. The van der Waals surface area contributed by atoms with Crippen molar-refractivity contribution in [2.24, 2.45) is 4.99 Å². The molecule has 0 aliphatic carbocycles. The summed E-state index contributed by atoms with van der Waals surface area (Å²) in [6.07, 6.45) is 1.72. The normalized spacial score (nSPS) is 14.8. The maximum Gasteiger partial charge on any atom is 0.344 e. The molecule has 1 aliphatic rings. The van der Waals surface area contributed by atoms with Gasteiger partial charge in [0.1, 0.15) is 0 Å². The first-order valence-corrected chi connectivity index (χ1v) is 14.2. The Bertz CT molecular complexity index is 1650. The summed E-state index contributed by atoms with van der Waals surface area (Å²) in [5.41, 5.74) is 3.04. The van der Waals surface area contributed by atoms with Gasteiger partial charge in [0.15, 0.2) is 22.9 Å². The third-order valence-corrected chi connectivity index (χ3v) is 7.67. The molecular weight excluding hydrogens is 600 g/mol. The number of hydrogen-bond acceptors (Lipinski definition) is 9. The number of fused-ring (bicyclic) bond motifs is 1. The van der Waals surface area contributed by atoms with Crippen LogP contribution >= 0.6 is 27.3 Å². The molecule has 1 aliphatic heterocycles. The van der Waals surface area contributed by atoms with Gasteiger partial charge < -0.3 is 18.9 Å². The highest BCUT2D eigenvalue weighted by Crippen LogP contribution is 2.37. The van der Waals surface area contributed by atoms with E-state index in [0.717, 1.165) is 11.1 Å². The summed E-state index contributed by atoms with van der Waals surface area (Å²) in [5.74, 6) is -0.295. The Morgan fingerprint density at radius 1 is 1.10 bits per heavy atom. The molecule has 2 aromatic carbocycles. The summed E-state index contributed by atoms with van der Waals surface area (Å²) >= 11 is 4.70. The lowest BCUT2D eigenvalue weighted by atomic mass is 9.95. The number of methoxy groups -OCH3 is 1. The zero-order chi connectivity index (χ0) is 29.0. The van der Waals surface area contributed by atoms with E-state index >= 15 is 0 Å². The van der Waals surface area contributed by atoms with E-state index in [1.807, 2.05) is 31.2 Å². The molecule has 0 radical (unpaired) electrons. The fourth-order valence-corrected chi connectivity index (χ4v) is 5.92. The Balaban J connectivity index is 1.82. The van der Waals surface area contributed by atoms with Gasteiger partial charge >= 0.3 is 11.9 Å². The molecule has 1 atom stereocenters. The van der Waals surface area contributed by atoms with Gasteiger partial charge in [0.25, 0.3) is 5.56 Å². The minimum atomic E-state index is -0.682. The third kappa shape index (κ3) is 6.05. The molecule has 11 heteroatoms. The van der Waals surface area contributed by atoms with Crippen LogP contribution in [0.2, 0.25) is 0 Å². The van der Waals surface area contributed by atoms with Crippen molar-refractivity contribution in [2.45, 2.75) is 33.7 Å². The molecule has 0 fully saturated rings. The number of rotatable bonds is 9. The minimum Gasteiger partial charge on any atom is -0.493 e. The van der Waals surface area contributed by atoms with Crippen LogP contribution < -0.4 is 24.4 Å². The fourth-order valence-electron chi connectivity index (χ4n) is 4.30. The largest absolute Gasteiger partial charge is 0.493 e. The number of hydrogen-bond donors (Lipinski definition) is 0. The topological polar surface area (TPSA) is 105 Å². The number of carbonyl (C=O) groups excluding carboxylic acids is 2. The smallest absolute Gasteiger partial charge is 0.344 e. The van der Waals surface area contributed by atoms with Crippen molar-refractivity contribution in [3.8, 4) is 11.5 Å². The van der Waals surface area contributed by atoms with Crippen LogP contribution in [-0.4, -0.2) is 43.4 Å². The zero-order valence-corrected chi connectivity index (χ0v) is 25.2. The van der Waals surface area contributed by atoms with Crippen LogP contribution in [-0.2, 0) is 19.1 Å². The number of aromatic nitrogens is 1. The van der Waals surface area contributed by atoms with E-state index in [9.17, 15) is 14.4 Å². The van der Waals surface area contributed by atoms with Gasteiger partial charge in [-0.15, -0.1) is 0 Å². The second-order valence-electron chi connectivity index (χ2n) is 8.84. The summed E-state index contributed by atoms with van der Waals surface area (Å²) in [7, 11) is 1.48. The highest BCUT2D eigenvalue weighted by atomic mass is 79.9. The molecule has 1 aromatic heterocycles. The van der Waals surface area contributed by atoms with Crippen molar-refractivity contribution < 1.29 is 28.5 Å². The second kappa shape index (κ2) is 12.6. The quantitative estimate of drug-likeness (QED) is 0.332. The van der Waals surface area contributed by atoms with Gasteiger partial charge in [0.05, 0.1) is 46.6 Å². The number of allylic oxidation sites excluding steroid dienone is 1. The predicted molar refractivity (Wildman–Crippen MR) is 154 cm³/mol. The average Bonchev–Trinajstić information content (AvgIpc) is 3.21. The molecule has 0 N–H and O–H groups in total. The average molecular weight is 630 g/mol. The first-order valence-electron chi connectivity index (χ1n) is 12.6. The molecular formula is C29H29BrN2O7S. The molecule has 0 saturated heterocycles. The van der Waals surface area contributed by atoms with Gasteiger partial charge in [0.2, 0.25) is 0 Å². The number of aryl methyl sites for hydroxylation is 1. The maximum absolute atomic E-state index is 13.8. The van der Waals surface area contributed by atoms with E-state index in [2.05, 4.69) is 20.9 Å². The van der Waals surface area contributed by atoms with E-state index in [0.29, 0.717) is 42.1 Å². The summed E-state index contributed by atoms with van der Waals surface area (Å²) in [6, 6.07) is 10.5. The lowest BCUT2D eigenvalue weighted by Crippen LogP contribution is -2.39. The van der Waals surface area contributed by atoms with Crippen molar-refractivity contribution >= 4 is 45.3 Å². The Morgan fingerprint density at radius 3 is 2.45 bits per heavy atom. The first-order chi connectivity index (χ1) is 19.2. The van der Waals surface area contributed by atoms with Crippen molar-refractivity contribution in [2.75, 3.05) is 26.9 Å². The van der Waals surface area contributed by atoms with E-state index in [4.69, 9.17) is 18.9 Å². The lowest BCUT2D eigenvalue weighted by Gasteiger charge is -2.24. The van der Waals surface area contributed by atoms with Crippen LogP contribution in [0.5, 0.6) is 11.5 Å². The predicted octanol–water partition coefficient (Wildman–Crippen LogP) is 3.82. The van der Waals surface area contributed by atoms with Gasteiger partial charge in [-0.05, 0) is 73.0 Å². The van der Waals surface area contributed by atoms with Gasteiger partial charge in [-0.2, -0.15) is 0 Å². The molecule has 2 heterocycles. The number of halogens is 1. The van der Waals surface area contributed by atoms with Crippen molar-refractivity contribution in [1.29, 1.82) is 0 Å². The van der Waals surface area contributed by atoms with Crippen LogP contribution in [0.4, 0.5) is 0 Å². The number of carbonyl (C=O) groups is 2. The maximum atomic E-state index is 13.8. The highest BCUT2D eigenvalue weighted by molar-refractivity contribution is 9.10. The van der Waals surface area contributed by atoms with Crippen LogP contribution in [0, 0.1) is 6.92 Å². The Labute approximate surface area is 243 Å². The van der Waals surface area contributed by atoms with Crippen LogP contribution in [0.25, 0.3) is 6.08 Å².